The van der Waals surface area contributed by atoms with Crippen LogP contribution in [0.1, 0.15) is 5.69 Å². The molecule has 1 aromatic carbocycles. The molecule has 0 spiro atoms. The van der Waals surface area contributed by atoms with Crippen LogP contribution in [0.25, 0.3) is 0 Å². The number of alkyl halides is 3. The molecule has 0 saturated carbocycles. The Morgan fingerprint density at radius 3 is 2.19 bits per heavy atom. The standard InChI is InChI=1S/C14H11F6N3O2S2/c15-8-1-2-9(12(17)11(8)16)27(24,25)23-5-3-22(4-6-23)13-21-10(7-26-13)14(18,19)20/h1-2,7H,3-6H2. The summed E-state index contributed by atoms with van der Waals surface area (Å²) < 4.78 is 104. The van der Waals surface area contributed by atoms with Crippen LogP contribution in [0.4, 0.5) is 31.5 Å². The van der Waals surface area contributed by atoms with Crippen molar-refractivity contribution in [2.45, 2.75) is 11.1 Å². The molecule has 0 atom stereocenters. The quantitative estimate of drug-likeness (QED) is 0.554. The number of halogens is 6. The molecule has 1 aliphatic rings. The molecule has 0 bridgehead atoms. The van der Waals surface area contributed by atoms with E-state index in [-0.39, 0.29) is 31.3 Å². The van der Waals surface area contributed by atoms with Gasteiger partial charge in [0.2, 0.25) is 10.0 Å². The number of sulfonamides is 1. The van der Waals surface area contributed by atoms with Gasteiger partial charge >= 0.3 is 6.18 Å². The molecule has 1 aromatic heterocycles. The molecular formula is C14H11F6N3O2S2. The first-order chi connectivity index (χ1) is 12.5. The molecule has 1 aliphatic heterocycles. The Labute approximate surface area is 153 Å². The van der Waals surface area contributed by atoms with E-state index in [1.165, 1.54) is 4.90 Å². The number of piperazine rings is 1. The Kier molecular flexibility index (Phi) is 5.12. The maximum Gasteiger partial charge on any atom is 0.434 e. The summed E-state index contributed by atoms with van der Waals surface area (Å²) in [5.41, 5.74) is -1.04. The average molecular weight is 431 g/mol. The number of rotatable bonds is 3. The molecule has 2 heterocycles. The number of hydrogen-bond donors (Lipinski definition) is 0. The van der Waals surface area contributed by atoms with Crippen LogP contribution in [0.3, 0.4) is 0 Å². The highest BCUT2D eigenvalue weighted by Gasteiger charge is 2.36. The van der Waals surface area contributed by atoms with Gasteiger partial charge in [0, 0.05) is 31.6 Å². The van der Waals surface area contributed by atoms with Gasteiger partial charge in [-0.25, -0.2) is 26.6 Å². The molecule has 0 aliphatic carbocycles. The molecule has 0 N–H and O–H groups in total. The lowest BCUT2D eigenvalue weighted by Gasteiger charge is -2.33. The maximum atomic E-state index is 13.8. The summed E-state index contributed by atoms with van der Waals surface area (Å²) in [6.45, 7) is -0.339. The molecule has 27 heavy (non-hydrogen) atoms. The predicted octanol–water partition coefficient (Wildman–Crippen LogP) is 3.09. The number of hydrogen-bond acceptors (Lipinski definition) is 5. The minimum Gasteiger partial charge on any atom is -0.345 e. The highest BCUT2D eigenvalue weighted by atomic mass is 32.2. The third-order valence-electron chi connectivity index (χ3n) is 3.91. The highest BCUT2D eigenvalue weighted by molar-refractivity contribution is 7.89. The first kappa shape index (κ1) is 19.9. The first-order valence-corrected chi connectivity index (χ1v) is 9.75. The van der Waals surface area contributed by atoms with Gasteiger partial charge in [-0.15, -0.1) is 11.3 Å². The van der Waals surface area contributed by atoms with Crippen molar-refractivity contribution in [3.8, 4) is 0 Å². The fourth-order valence-corrected chi connectivity index (χ4v) is 4.87. The van der Waals surface area contributed by atoms with Crippen molar-refractivity contribution in [2.24, 2.45) is 0 Å². The van der Waals surface area contributed by atoms with E-state index in [1.807, 2.05) is 0 Å². The van der Waals surface area contributed by atoms with Crippen LogP contribution in [0.2, 0.25) is 0 Å². The zero-order valence-electron chi connectivity index (χ0n) is 13.3. The van der Waals surface area contributed by atoms with Gasteiger partial charge in [-0.3, -0.25) is 0 Å². The number of anilines is 1. The lowest BCUT2D eigenvalue weighted by molar-refractivity contribution is -0.140. The fourth-order valence-electron chi connectivity index (χ4n) is 2.51. The van der Waals surface area contributed by atoms with Gasteiger partial charge in [-0.05, 0) is 12.1 Å². The topological polar surface area (TPSA) is 53.5 Å². The van der Waals surface area contributed by atoms with E-state index in [0.717, 1.165) is 21.0 Å². The summed E-state index contributed by atoms with van der Waals surface area (Å²) in [7, 11) is -4.43. The predicted molar refractivity (Wildman–Crippen MR) is 84.4 cm³/mol. The summed E-state index contributed by atoms with van der Waals surface area (Å²) in [5.74, 6) is -5.22. The Morgan fingerprint density at radius 1 is 1.00 bits per heavy atom. The molecule has 1 saturated heterocycles. The SMILES string of the molecule is O=S(=O)(c1ccc(F)c(F)c1F)N1CCN(c2nc(C(F)(F)F)cs2)CC1. The summed E-state index contributed by atoms with van der Waals surface area (Å²) in [4.78, 5) is 3.96. The molecular weight excluding hydrogens is 420 g/mol. The molecule has 5 nitrogen and oxygen atoms in total. The van der Waals surface area contributed by atoms with Crippen molar-refractivity contribution in [1.82, 2.24) is 9.29 Å². The maximum absolute atomic E-state index is 13.8. The number of nitrogens with zero attached hydrogens (tertiary/aromatic N) is 3. The number of aromatic nitrogens is 1. The van der Waals surface area contributed by atoms with Crippen LogP contribution in [0.15, 0.2) is 22.4 Å². The van der Waals surface area contributed by atoms with E-state index < -0.39 is 44.2 Å². The van der Waals surface area contributed by atoms with Crippen molar-refractivity contribution < 1.29 is 34.8 Å². The normalized spacial score (nSPS) is 16.7. The zero-order valence-corrected chi connectivity index (χ0v) is 14.9. The van der Waals surface area contributed by atoms with Crippen LogP contribution in [0.5, 0.6) is 0 Å². The van der Waals surface area contributed by atoms with Crippen molar-refractivity contribution in [3.63, 3.8) is 0 Å². The van der Waals surface area contributed by atoms with E-state index in [2.05, 4.69) is 4.98 Å². The van der Waals surface area contributed by atoms with E-state index >= 15 is 0 Å². The minimum absolute atomic E-state index is 0.00926. The summed E-state index contributed by atoms with van der Waals surface area (Å²) in [6.07, 6.45) is -4.58. The van der Waals surface area contributed by atoms with E-state index in [0.29, 0.717) is 12.1 Å². The van der Waals surface area contributed by atoms with Gasteiger partial charge in [-0.2, -0.15) is 17.5 Å². The Morgan fingerprint density at radius 2 is 1.63 bits per heavy atom. The number of thiazole rings is 1. The van der Waals surface area contributed by atoms with Crippen LogP contribution in [0, 0.1) is 17.5 Å². The molecule has 3 rings (SSSR count). The van der Waals surface area contributed by atoms with Crippen molar-refractivity contribution >= 4 is 26.5 Å². The van der Waals surface area contributed by atoms with Gasteiger partial charge in [0.25, 0.3) is 0 Å². The largest absolute Gasteiger partial charge is 0.434 e. The Balaban J connectivity index is 1.75. The van der Waals surface area contributed by atoms with Crippen LogP contribution >= 0.6 is 11.3 Å². The highest BCUT2D eigenvalue weighted by Crippen LogP contribution is 2.33. The second-order valence-corrected chi connectivity index (χ2v) is 8.32. The van der Waals surface area contributed by atoms with Crippen LogP contribution in [-0.4, -0.2) is 43.9 Å². The molecule has 0 unspecified atom stereocenters. The van der Waals surface area contributed by atoms with Crippen LogP contribution < -0.4 is 4.90 Å². The fraction of sp³-hybridized carbons (Fsp3) is 0.357. The van der Waals surface area contributed by atoms with E-state index in [4.69, 9.17) is 0 Å². The lowest BCUT2D eigenvalue weighted by Crippen LogP contribution is -2.48. The lowest BCUT2D eigenvalue weighted by atomic mass is 10.3. The summed E-state index contributed by atoms with van der Waals surface area (Å²) >= 11 is 0.770. The Bertz CT molecular complexity index is 952. The van der Waals surface area contributed by atoms with Gasteiger partial charge in [0.15, 0.2) is 28.3 Å². The van der Waals surface area contributed by atoms with Crippen molar-refractivity contribution in [2.75, 3.05) is 31.1 Å². The molecule has 148 valence electrons. The second-order valence-electron chi connectivity index (χ2n) is 5.58. The van der Waals surface area contributed by atoms with Crippen molar-refractivity contribution in [1.29, 1.82) is 0 Å². The van der Waals surface area contributed by atoms with Gasteiger partial charge in [-0.1, -0.05) is 0 Å². The van der Waals surface area contributed by atoms with E-state index in [1.54, 1.807) is 0 Å². The first-order valence-electron chi connectivity index (χ1n) is 7.43. The molecule has 1 fully saturated rings. The average Bonchev–Trinajstić information content (AvgIpc) is 3.10. The second kappa shape index (κ2) is 6.95. The minimum atomic E-state index is -4.58. The van der Waals surface area contributed by atoms with Crippen LogP contribution in [-0.2, 0) is 16.2 Å². The summed E-state index contributed by atoms with van der Waals surface area (Å²) in [5, 5.41) is 0.938. The van der Waals surface area contributed by atoms with Gasteiger partial charge in [0.1, 0.15) is 4.90 Å². The number of benzene rings is 1. The molecule has 0 radical (unpaired) electrons. The monoisotopic (exact) mass is 431 g/mol. The van der Waals surface area contributed by atoms with Gasteiger partial charge < -0.3 is 4.90 Å². The summed E-state index contributed by atoms with van der Waals surface area (Å²) in [6, 6.07) is 1.14. The Hall–Kier alpha value is -1.86. The third-order valence-corrected chi connectivity index (χ3v) is 6.73. The van der Waals surface area contributed by atoms with Gasteiger partial charge in [0.05, 0.1) is 0 Å². The molecule has 13 heteroatoms. The smallest absolute Gasteiger partial charge is 0.345 e. The molecule has 2 aromatic rings. The zero-order chi connectivity index (χ0) is 20.0. The van der Waals surface area contributed by atoms with Crippen molar-refractivity contribution in [3.05, 3.63) is 40.7 Å². The third kappa shape index (κ3) is 3.75. The van der Waals surface area contributed by atoms with E-state index in [9.17, 15) is 34.8 Å². The molecule has 0 amide bonds.